The highest BCUT2D eigenvalue weighted by atomic mass is 32.2. The van der Waals surface area contributed by atoms with Crippen LogP contribution in [0.4, 0.5) is 43.9 Å². The summed E-state index contributed by atoms with van der Waals surface area (Å²) in [5.41, 5.74) is -0.810. The number of ether oxygens (including phenoxy) is 2. The number of carbonyl (C=O) groups is 2. The zero-order chi connectivity index (χ0) is 26.7. The van der Waals surface area contributed by atoms with Crippen molar-refractivity contribution in [2.75, 3.05) is 13.2 Å². The van der Waals surface area contributed by atoms with Crippen molar-refractivity contribution in [3.8, 4) is 0 Å². The summed E-state index contributed by atoms with van der Waals surface area (Å²) in [5, 5.41) is -5.35. The number of amides is 1. The van der Waals surface area contributed by atoms with Crippen molar-refractivity contribution in [3.63, 3.8) is 0 Å². The first kappa shape index (κ1) is 30.9. The SMILES string of the molecule is C=C(C)C(=O)OC(OCCCC(F)(F)C(F)(F)S(=O)(=O)O)(C(=O)NCC(F)(F)F)C(F)(F)F. The third-order valence-corrected chi connectivity index (χ3v) is 4.34. The first-order valence-electron chi connectivity index (χ1n) is 8.08. The molecule has 0 spiro atoms. The molecule has 33 heavy (non-hydrogen) atoms. The molecular formula is C14H15F10NO7S. The van der Waals surface area contributed by atoms with Gasteiger partial charge in [-0.15, -0.1) is 0 Å². The Hall–Kier alpha value is -2.15. The van der Waals surface area contributed by atoms with E-state index >= 15 is 0 Å². The van der Waals surface area contributed by atoms with E-state index in [0.717, 1.165) is 12.2 Å². The molecular weight excluding hydrogens is 516 g/mol. The van der Waals surface area contributed by atoms with Gasteiger partial charge in [-0.05, 0) is 13.3 Å². The van der Waals surface area contributed by atoms with Crippen LogP contribution < -0.4 is 5.32 Å². The summed E-state index contributed by atoms with van der Waals surface area (Å²) in [4.78, 5) is 23.4. The topological polar surface area (TPSA) is 119 Å². The van der Waals surface area contributed by atoms with Crippen LogP contribution in [0.2, 0.25) is 0 Å². The van der Waals surface area contributed by atoms with Crippen LogP contribution in [0.1, 0.15) is 19.8 Å². The lowest BCUT2D eigenvalue weighted by Gasteiger charge is -2.33. The van der Waals surface area contributed by atoms with E-state index in [2.05, 4.69) is 16.1 Å². The molecule has 0 aliphatic carbocycles. The second-order valence-electron chi connectivity index (χ2n) is 6.23. The van der Waals surface area contributed by atoms with Gasteiger partial charge in [0.1, 0.15) is 6.54 Å². The Labute approximate surface area is 178 Å². The molecule has 2 N–H and O–H groups in total. The first-order chi connectivity index (χ1) is 14.4. The predicted octanol–water partition coefficient (Wildman–Crippen LogP) is 2.96. The Bertz CT molecular complexity index is 853. The molecule has 0 radical (unpaired) electrons. The molecule has 1 unspecified atom stereocenters. The number of alkyl halides is 10. The van der Waals surface area contributed by atoms with Crippen LogP contribution in [0.15, 0.2) is 12.2 Å². The number of nitrogens with one attached hydrogen (secondary N) is 1. The average molecular weight is 531 g/mol. The van der Waals surface area contributed by atoms with Gasteiger partial charge >= 0.3 is 51.3 Å². The Morgan fingerprint density at radius 2 is 1.48 bits per heavy atom. The number of rotatable bonds is 11. The van der Waals surface area contributed by atoms with E-state index in [-0.39, 0.29) is 0 Å². The maximum absolute atomic E-state index is 13.5. The quantitative estimate of drug-likeness (QED) is 0.105. The van der Waals surface area contributed by atoms with Gasteiger partial charge in [0, 0.05) is 12.0 Å². The van der Waals surface area contributed by atoms with Crippen molar-refractivity contribution in [2.24, 2.45) is 0 Å². The molecule has 19 heteroatoms. The molecule has 1 amide bonds. The fraction of sp³-hybridized carbons (Fsp3) is 0.714. The molecule has 0 heterocycles. The maximum Gasteiger partial charge on any atom is 0.466 e. The minimum absolute atomic E-state index is 0.719. The van der Waals surface area contributed by atoms with Gasteiger partial charge in [-0.3, -0.25) is 9.35 Å². The van der Waals surface area contributed by atoms with Crippen LogP contribution in [0.25, 0.3) is 0 Å². The van der Waals surface area contributed by atoms with E-state index in [1.165, 1.54) is 0 Å². The third-order valence-electron chi connectivity index (χ3n) is 3.40. The van der Waals surface area contributed by atoms with E-state index in [4.69, 9.17) is 4.55 Å². The second-order valence-corrected chi connectivity index (χ2v) is 7.69. The molecule has 0 saturated carbocycles. The molecule has 0 aliphatic heterocycles. The van der Waals surface area contributed by atoms with Crippen LogP contribution in [0, 0.1) is 0 Å². The fourth-order valence-electron chi connectivity index (χ4n) is 1.77. The Kier molecular flexibility index (Phi) is 9.35. The molecule has 0 fully saturated rings. The van der Waals surface area contributed by atoms with Gasteiger partial charge in [-0.1, -0.05) is 6.58 Å². The third kappa shape index (κ3) is 7.70. The molecule has 0 aromatic rings. The number of esters is 1. The minimum atomic E-state index is -6.66. The number of hydrogen-bond acceptors (Lipinski definition) is 6. The molecule has 0 rings (SSSR count). The van der Waals surface area contributed by atoms with Crippen molar-refractivity contribution >= 4 is 22.0 Å². The highest BCUT2D eigenvalue weighted by Gasteiger charge is 2.67. The summed E-state index contributed by atoms with van der Waals surface area (Å²) in [6.45, 7) is -0.539. The maximum atomic E-state index is 13.5. The molecule has 0 aliphatic rings. The van der Waals surface area contributed by atoms with Gasteiger partial charge in [-0.25, -0.2) is 4.79 Å². The predicted molar refractivity (Wildman–Crippen MR) is 85.4 cm³/mol. The van der Waals surface area contributed by atoms with Crippen molar-refractivity contribution in [1.82, 2.24) is 5.32 Å². The van der Waals surface area contributed by atoms with Crippen LogP contribution in [-0.4, -0.2) is 67.3 Å². The summed E-state index contributed by atoms with van der Waals surface area (Å²) >= 11 is 0. The lowest BCUT2D eigenvalue weighted by atomic mass is 10.2. The molecule has 0 aromatic heterocycles. The molecule has 0 saturated heterocycles. The summed E-state index contributed by atoms with van der Waals surface area (Å²) in [6, 6.07) is 0. The monoisotopic (exact) mass is 531 g/mol. The molecule has 0 aromatic carbocycles. The Balaban J connectivity index is 5.86. The summed E-state index contributed by atoms with van der Waals surface area (Å²) in [5.74, 6) is -15.2. The smallest absolute Gasteiger partial charge is 0.412 e. The van der Waals surface area contributed by atoms with Crippen molar-refractivity contribution < 1.29 is 75.9 Å². The molecule has 194 valence electrons. The number of halogens is 10. The van der Waals surface area contributed by atoms with Gasteiger partial charge in [0.2, 0.25) is 0 Å². The Morgan fingerprint density at radius 1 is 1.00 bits per heavy atom. The van der Waals surface area contributed by atoms with E-state index in [1.807, 2.05) is 0 Å². The summed E-state index contributed by atoms with van der Waals surface area (Å²) in [6.07, 6.45) is -15.2. The van der Waals surface area contributed by atoms with Crippen molar-refractivity contribution in [2.45, 2.75) is 49.1 Å². The van der Waals surface area contributed by atoms with Gasteiger partial charge in [0.05, 0.1) is 6.61 Å². The first-order valence-corrected chi connectivity index (χ1v) is 9.52. The van der Waals surface area contributed by atoms with E-state index in [9.17, 15) is 61.9 Å². The number of hydrogen-bond donors (Lipinski definition) is 2. The summed E-state index contributed by atoms with van der Waals surface area (Å²) in [7, 11) is -6.66. The fourth-order valence-corrected chi connectivity index (χ4v) is 2.25. The highest BCUT2D eigenvalue weighted by molar-refractivity contribution is 7.87. The molecule has 1 atom stereocenters. The van der Waals surface area contributed by atoms with Crippen molar-refractivity contribution in [1.29, 1.82) is 0 Å². The van der Waals surface area contributed by atoms with Crippen molar-refractivity contribution in [3.05, 3.63) is 12.2 Å². The Morgan fingerprint density at radius 3 is 1.85 bits per heavy atom. The normalized spacial score (nSPS) is 15.5. The molecule has 0 bridgehead atoms. The van der Waals surface area contributed by atoms with Crippen LogP contribution in [0.3, 0.4) is 0 Å². The minimum Gasteiger partial charge on any atom is -0.412 e. The van der Waals surface area contributed by atoms with E-state index in [1.54, 1.807) is 0 Å². The summed E-state index contributed by atoms with van der Waals surface area (Å²) < 4.78 is 167. The van der Waals surface area contributed by atoms with Crippen LogP contribution >= 0.6 is 0 Å². The average Bonchev–Trinajstić information content (AvgIpc) is 2.59. The number of carbonyl (C=O) groups excluding carboxylic acids is 2. The molecule has 8 nitrogen and oxygen atoms in total. The second kappa shape index (κ2) is 10.00. The standard InChI is InChI=1S/C14H15F10NO7S/c1-7(2)8(26)32-12(13(20,21)22,9(27)25-6-11(17,18)19)31-5-3-4-10(15,16)14(23,24)33(28,29)30/h1,3-6H2,2H3,(H,25,27)(H,28,29,30). The van der Waals surface area contributed by atoms with Gasteiger partial charge in [0.15, 0.2) is 0 Å². The zero-order valence-corrected chi connectivity index (χ0v) is 16.9. The van der Waals surface area contributed by atoms with Gasteiger partial charge in [0.25, 0.3) is 0 Å². The van der Waals surface area contributed by atoms with E-state index < -0.39 is 82.9 Å². The van der Waals surface area contributed by atoms with Gasteiger partial charge < -0.3 is 14.8 Å². The van der Waals surface area contributed by atoms with Crippen LogP contribution in [0.5, 0.6) is 0 Å². The van der Waals surface area contributed by atoms with Gasteiger partial charge in [-0.2, -0.15) is 52.3 Å². The largest absolute Gasteiger partial charge is 0.466 e. The lowest BCUT2D eigenvalue weighted by molar-refractivity contribution is -0.347. The van der Waals surface area contributed by atoms with E-state index in [0.29, 0.717) is 0 Å². The van der Waals surface area contributed by atoms with Crippen LogP contribution in [-0.2, 0) is 29.2 Å². The zero-order valence-electron chi connectivity index (χ0n) is 16.1. The highest BCUT2D eigenvalue weighted by Crippen LogP contribution is 2.42. The lowest BCUT2D eigenvalue weighted by Crippen LogP contribution is -2.62.